The molecule has 1 aliphatic heterocycles. The van der Waals surface area contributed by atoms with Gasteiger partial charge < -0.3 is 10.2 Å². The second kappa shape index (κ2) is 7.50. The molecule has 1 N–H and O–H groups in total. The zero-order valence-electron chi connectivity index (χ0n) is 15.3. The fraction of sp³-hybridized carbons (Fsp3) is 0.350. The number of alkyl halides is 3. The van der Waals surface area contributed by atoms with E-state index in [1.54, 1.807) is 30.5 Å². The molecule has 0 atom stereocenters. The number of halogens is 3. The molecule has 0 unspecified atom stereocenters. The summed E-state index contributed by atoms with van der Waals surface area (Å²) in [6, 6.07) is 10.5. The van der Waals surface area contributed by atoms with Crippen molar-refractivity contribution in [2.24, 2.45) is 5.41 Å². The van der Waals surface area contributed by atoms with Crippen molar-refractivity contribution in [3.63, 3.8) is 0 Å². The number of nitrogens with one attached hydrogen (secondary N) is 1. The van der Waals surface area contributed by atoms with Crippen LogP contribution in [-0.2, 0) is 11.0 Å². The predicted octanol–water partition coefficient (Wildman–Crippen LogP) is 4.22. The van der Waals surface area contributed by atoms with Crippen LogP contribution in [0.15, 0.2) is 42.6 Å². The Kier molecular flexibility index (Phi) is 5.27. The quantitative estimate of drug-likeness (QED) is 0.855. The van der Waals surface area contributed by atoms with Crippen molar-refractivity contribution >= 4 is 17.4 Å². The molecule has 8 heteroatoms. The van der Waals surface area contributed by atoms with Gasteiger partial charge >= 0.3 is 6.18 Å². The SMILES string of the molecule is CC1(C(=O)Nc2ccccn2)CCN(c2ccc(C#N)c(C(F)(F)F)c2)CC1. The van der Waals surface area contributed by atoms with E-state index in [0.717, 1.165) is 6.07 Å². The van der Waals surface area contributed by atoms with Gasteiger partial charge in [-0.15, -0.1) is 0 Å². The van der Waals surface area contributed by atoms with E-state index >= 15 is 0 Å². The molecular weight excluding hydrogens is 369 g/mol. The van der Waals surface area contributed by atoms with Crippen molar-refractivity contribution in [1.29, 1.82) is 5.26 Å². The largest absolute Gasteiger partial charge is 0.417 e. The summed E-state index contributed by atoms with van der Waals surface area (Å²) in [4.78, 5) is 18.5. The van der Waals surface area contributed by atoms with Gasteiger partial charge in [-0.2, -0.15) is 18.4 Å². The first-order valence-electron chi connectivity index (χ1n) is 8.82. The highest BCUT2D eigenvalue weighted by Gasteiger charge is 2.38. The molecule has 5 nitrogen and oxygen atoms in total. The molecule has 3 rings (SSSR count). The van der Waals surface area contributed by atoms with Crippen LogP contribution in [0.25, 0.3) is 0 Å². The number of nitrogens with zero attached hydrogens (tertiary/aromatic N) is 3. The van der Waals surface area contributed by atoms with E-state index in [1.165, 1.54) is 12.1 Å². The van der Waals surface area contributed by atoms with Gasteiger partial charge in [0.1, 0.15) is 5.82 Å². The number of rotatable bonds is 3. The van der Waals surface area contributed by atoms with Gasteiger partial charge in [0.25, 0.3) is 0 Å². The van der Waals surface area contributed by atoms with E-state index in [0.29, 0.717) is 37.4 Å². The van der Waals surface area contributed by atoms with Gasteiger partial charge in [-0.3, -0.25) is 4.79 Å². The third-order valence-electron chi connectivity index (χ3n) is 5.12. The van der Waals surface area contributed by atoms with E-state index in [2.05, 4.69) is 10.3 Å². The first-order valence-corrected chi connectivity index (χ1v) is 8.82. The highest BCUT2D eigenvalue weighted by molar-refractivity contribution is 5.94. The lowest BCUT2D eigenvalue weighted by atomic mass is 9.79. The molecule has 0 radical (unpaired) electrons. The average molecular weight is 388 g/mol. The van der Waals surface area contributed by atoms with Crippen molar-refractivity contribution in [3.8, 4) is 6.07 Å². The smallest absolute Gasteiger partial charge is 0.371 e. The van der Waals surface area contributed by atoms with Crippen LogP contribution in [-0.4, -0.2) is 24.0 Å². The number of amides is 1. The molecule has 1 fully saturated rings. The van der Waals surface area contributed by atoms with Crippen LogP contribution in [0.2, 0.25) is 0 Å². The number of carbonyl (C=O) groups is 1. The second-order valence-electron chi connectivity index (χ2n) is 7.06. The Labute approximate surface area is 160 Å². The molecule has 28 heavy (non-hydrogen) atoms. The minimum Gasteiger partial charge on any atom is -0.371 e. The molecule has 2 aromatic rings. The number of benzene rings is 1. The Balaban J connectivity index is 1.71. The van der Waals surface area contributed by atoms with E-state index in [-0.39, 0.29) is 5.91 Å². The lowest BCUT2D eigenvalue weighted by Crippen LogP contribution is -2.45. The first kappa shape index (κ1) is 19.7. The Bertz CT molecular complexity index is 898. The first-order chi connectivity index (χ1) is 13.2. The lowest BCUT2D eigenvalue weighted by Gasteiger charge is -2.39. The molecular formula is C20H19F3N4O. The summed E-state index contributed by atoms with van der Waals surface area (Å²) >= 11 is 0. The monoisotopic (exact) mass is 388 g/mol. The fourth-order valence-corrected chi connectivity index (χ4v) is 3.25. The van der Waals surface area contributed by atoms with Crippen LogP contribution in [0.1, 0.15) is 30.9 Å². The summed E-state index contributed by atoms with van der Waals surface area (Å²) < 4.78 is 39.6. The standard InChI is InChI=1S/C20H19F3N4O/c1-19(18(28)26-17-4-2-3-9-25-17)7-10-27(11-8-19)15-6-5-14(13-24)16(12-15)20(21,22)23/h2-6,9,12H,7-8,10-11H2,1H3,(H,25,26,28). The number of hydrogen-bond donors (Lipinski definition) is 1. The number of nitriles is 1. The second-order valence-corrected chi connectivity index (χ2v) is 7.06. The number of pyridine rings is 1. The molecule has 1 saturated heterocycles. The van der Waals surface area contributed by atoms with Crippen molar-refractivity contribution in [3.05, 3.63) is 53.7 Å². The van der Waals surface area contributed by atoms with Crippen LogP contribution in [0, 0.1) is 16.7 Å². The lowest BCUT2D eigenvalue weighted by molar-refractivity contribution is -0.137. The van der Waals surface area contributed by atoms with Gasteiger partial charge in [-0.25, -0.2) is 4.98 Å². The molecule has 0 aliphatic carbocycles. The Morgan fingerprint density at radius 3 is 2.54 bits per heavy atom. The van der Waals surface area contributed by atoms with Crippen molar-refractivity contribution < 1.29 is 18.0 Å². The van der Waals surface area contributed by atoms with Crippen molar-refractivity contribution in [2.75, 3.05) is 23.3 Å². The summed E-state index contributed by atoms with van der Waals surface area (Å²) in [6.45, 7) is 2.73. The molecule has 2 heterocycles. The number of anilines is 2. The van der Waals surface area contributed by atoms with Crippen LogP contribution >= 0.6 is 0 Å². The molecule has 146 valence electrons. The summed E-state index contributed by atoms with van der Waals surface area (Å²) in [5, 5.41) is 11.7. The highest BCUT2D eigenvalue weighted by atomic mass is 19.4. The van der Waals surface area contributed by atoms with Crippen molar-refractivity contribution in [1.82, 2.24) is 4.98 Å². The Morgan fingerprint density at radius 2 is 1.96 bits per heavy atom. The van der Waals surface area contributed by atoms with E-state index in [1.807, 2.05) is 11.8 Å². The minimum absolute atomic E-state index is 0.151. The maximum absolute atomic E-state index is 13.2. The number of aromatic nitrogens is 1. The molecule has 1 aromatic heterocycles. The van der Waals surface area contributed by atoms with Gasteiger partial charge in [0.05, 0.1) is 22.6 Å². The molecule has 0 bridgehead atoms. The Morgan fingerprint density at radius 1 is 1.25 bits per heavy atom. The molecule has 1 aromatic carbocycles. The highest BCUT2D eigenvalue weighted by Crippen LogP contribution is 2.37. The third-order valence-corrected chi connectivity index (χ3v) is 5.12. The molecule has 1 amide bonds. The van der Waals surface area contributed by atoms with Crippen LogP contribution in [0.4, 0.5) is 24.7 Å². The summed E-state index contributed by atoms with van der Waals surface area (Å²) in [7, 11) is 0. The number of hydrogen-bond acceptors (Lipinski definition) is 4. The molecule has 0 spiro atoms. The average Bonchev–Trinajstić information content (AvgIpc) is 2.68. The maximum atomic E-state index is 13.2. The maximum Gasteiger partial charge on any atom is 0.417 e. The van der Waals surface area contributed by atoms with Crippen LogP contribution in [0.3, 0.4) is 0 Å². The molecule has 0 saturated carbocycles. The summed E-state index contributed by atoms with van der Waals surface area (Å²) in [6.07, 6.45) is -2.02. The Hall–Kier alpha value is -3.08. The normalized spacial score (nSPS) is 16.3. The summed E-state index contributed by atoms with van der Waals surface area (Å²) in [5.41, 5.74) is -1.56. The third kappa shape index (κ3) is 4.09. The topological polar surface area (TPSA) is 69.0 Å². The van der Waals surface area contributed by atoms with Gasteiger partial charge in [0.2, 0.25) is 5.91 Å². The van der Waals surface area contributed by atoms with Crippen LogP contribution < -0.4 is 10.2 Å². The minimum atomic E-state index is -4.59. The zero-order valence-corrected chi connectivity index (χ0v) is 15.3. The van der Waals surface area contributed by atoms with E-state index in [9.17, 15) is 18.0 Å². The van der Waals surface area contributed by atoms with Gasteiger partial charge in [-0.1, -0.05) is 13.0 Å². The number of carbonyl (C=O) groups excluding carboxylic acids is 1. The van der Waals surface area contributed by atoms with E-state index in [4.69, 9.17) is 5.26 Å². The van der Waals surface area contributed by atoms with Gasteiger partial charge in [-0.05, 0) is 43.2 Å². The van der Waals surface area contributed by atoms with Gasteiger partial charge in [0.15, 0.2) is 0 Å². The number of piperidine rings is 1. The van der Waals surface area contributed by atoms with E-state index < -0.39 is 22.7 Å². The van der Waals surface area contributed by atoms with Crippen molar-refractivity contribution in [2.45, 2.75) is 25.9 Å². The molecule has 1 aliphatic rings. The predicted molar refractivity (Wildman–Crippen MR) is 98.6 cm³/mol. The van der Waals surface area contributed by atoms with Gasteiger partial charge in [0, 0.05) is 25.0 Å². The fourth-order valence-electron chi connectivity index (χ4n) is 3.25. The zero-order chi connectivity index (χ0) is 20.4. The van der Waals surface area contributed by atoms with Crippen LogP contribution in [0.5, 0.6) is 0 Å². The summed E-state index contributed by atoms with van der Waals surface area (Å²) in [5.74, 6) is 0.319.